The summed E-state index contributed by atoms with van der Waals surface area (Å²) in [5.74, 6) is 0.738. The van der Waals surface area contributed by atoms with Crippen LogP contribution in [0.1, 0.15) is 35.8 Å². The molecule has 2 atom stereocenters. The first-order chi connectivity index (χ1) is 9.02. The van der Waals surface area contributed by atoms with Crippen LogP contribution in [-0.4, -0.2) is 30.0 Å². The highest BCUT2D eigenvalue weighted by Gasteiger charge is 2.28. The Balaban J connectivity index is 2.38. The van der Waals surface area contributed by atoms with Crippen molar-refractivity contribution < 1.29 is 4.79 Å². The minimum Gasteiger partial charge on any atom is -0.365 e. The number of carbonyl (C=O) groups is 1. The van der Waals surface area contributed by atoms with E-state index in [2.05, 4.69) is 16.8 Å². The van der Waals surface area contributed by atoms with Gasteiger partial charge in [-0.3, -0.25) is 4.79 Å². The van der Waals surface area contributed by atoms with E-state index in [1.54, 1.807) is 6.07 Å². The zero-order valence-electron chi connectivity index (χ0n) is 11.6. The molecule has 1 aliphatic rings. The summed E-state index contributed by atoms with van der Waals surface area (Å²) in [6, 6.07) is 3.94. The highest BCUT2D eigenvalue weighted by Crippen LogP contribution is 2.28. The smallest absolute Gasteiger partial charge is 0.252 e. The van der Waals surface area contributed by atoms with Gasteiger partial charge >= 0.3 is 0 Å². The second-order valence-electron chi connectivity index (χ2n) is 5.37. The number of hydrogen-bond donors (Lipinski definition) is 2. The maximum Gasteiger partial charge on any atom is 0.252 e. The SMILES string of the molecule is Cc1ccc(C(N)=O)c(N2CC(CN)CCC2C)n1. The quantitative estimate of drug-likeness (QED) is 0.852. The zero-order chi connectivity index (χ0) is 14.0. The Morgan fingerprint density at radius 3 is 2.84 bits per heavy atom. The van der Waals surface area contributed by atoms with Gasteiger partial charge in [-0.2, -0.15) is 0 Å². The maximum absolute atomic E-state index is 11.6. The van der Waals surface area contributed by atoms with Gasteiger partial charge in [0.05, 0.1) is 5.56 Å². The lowest BCUT2D eigenvalue weighted by molar-refractivity contribution is 0.1000. The molecule has 19 heavy (non-hydrogen) atoms. The van der Waals surface area contributed by atoms with Crippen molar-refractivity contribution in [3.63, 3.8) is 0 Å². The molecule has 0 radical (unpaired) electrons. The molecular formula is C14H22N4O. The van der Waals surface area contributed by atoms with Crippen molar-refractivity contribution in [1.82, 2.24) is 4.98 Å². The lowest BCUT2D eigenvalue weighted by Gasteiger charge is -2.39. The summed E-state index contributed by atoms with van der Waals surface area (Å²) in [5, 5.41) is 0. The fourth-order valence-corrected chi connectivity index (χ4v) is 2.62. The number of rotatable bonds is 3. The third-order valence-corrected chi connectivity index (χ3v) is 3.86. The van der Waals surface area contributed by atoms with Gasteiger partial charge in [0.25, 0.3) is 5.91 Å². The first kappa shape index (κ1) is 13.8. The minimum atomic E-state index is -0.426. The van der Waals surface area contributed by atoms with Crippen molar-refractivity contribution in [2.45, 2.75) is 32.7 Å². The molecular weight excluding hydrogens is 240 g/mol. The van der Waals surface area contributed by atoms with Gasteiger partial charge in [-0.15, -0.1) is 0 Å². The first-order valence-corrected chi connectivity index (χ1v) is 6.77. The van der Waals surface area contributed by atoms with E-state index in [1.165, 1.54) is 0 Å². The third kappa shape index (κ3) is 2.87. The molecule has 0 bridgehead atoms. The van der Waals surface area contributed by atoms with Gasteiger partial charge in [-0.25, -0.2) is 4.98 Å². The Hall–Kier alpha value is -1.62. The fourth-order valence-electron chi connectivity index (χ4n) is 2.62. The number of nitrogens with zero attached hydrogens (tertiary/aromatic N) is 2. The molecule has 5 heteroatoms. The fraction of sp³-hybridized carbons (Fsp3) is 0.571. The van der Waals surface area contributed by atoms with Gasteiger partial charge in [0.2, 0.25) is 0 Å². The molecule has 1 aromatic heterocycles. The van der Waals surface area contributed by atoms with E-state index < -0.39 is 5.91 Å². The maximum atomic E-state index is 11.6. The van der Waals surface area contributed by atoms with Crippen LogP contribution in [0.2, 0.25) is 0 Å². The predicted octanol–water partition coefficient (Wildman–Crippen LogP) is 1.05. The molecule has 1 saturated heterocycles. The van der Waals surface area contributed by atoms with Gasteiger partial charge in [0, 0.05) is 18.3 Å². The highest BCUT2D eigenvalue weighted by molar-refractivity contribution is 5.97. The largest absolute Gasteiger partial charge is 0.365 e. The predicted molar refractivity (Wildman–Crippen MR) is 76.1 cm³/mol. The highest BCUT2D eigenvalue weighted by atomic mass is 16.1. The van der Waals surface area contributed by atoms with Crippen LogP contribution in [0.25, 0.3) is 0 Å². The second-order valence-corrected chi connectivity index (χ2v) is 5.37. The Labute approximate surface area is 114 Å². The van der Waals surface area contributed by atoms with E-state index in [4.69, 9.17) is 11.5 Å². The summed E-state index contributed by atoms with van der Waals surface area (Å²) in [5.41, 5.74) is 12.6. The molecule has 1 amide bonds. The molecule has 1 aliphatic heterocycles. The summed E-state index contributed by atoms with van der Waals surface area (Å²) in [4.78, 5) is 18.3. The Morgan fingerprint density at radius 2 is 2.21 bits per heavy atom. The van der Waals surface area contributed by atoms with Crippen LogP contribution in [0, 0.1) is 12.8 Å². The molecule has 0 spiro atoms. The van der Waals surface area contributed by atoms with Gasteiger partial charge in [-0.1, -0.05) is 0 Å². The van der Waals surface area contributed by atoms with E-state index in [0.29, 0.717) is 29.9 Å². The number of nitrogens with two attached hydrogens (primary N) is 2. The van der Waals surface area contributed by atoms with E-state index in [9.17, 15) is 4.79 Å². The average Bonchev–Trinajstić information content (AvgIpc) is 2.38. The van der Waals surface area contributed by atoms with Crippen LogP contribution in [-0.2, 0) is 0 Å². The van der Waals surface area contributed by atoms with E-state index in [-0.39, 0.29) is 0 Å². The molecule has 0 saturated carbocycles. The number of piperidine rings is 1. The van der Waals surface area contributed by atoms with E-state index in [0.717, 1.165) is 25.1 Å². The molecule has 0 aromatic carbocycles. The number of amides is 1. The van der Waals surface area contributed by atoms with Gasteiger partial charge in [-0.05, 0) is 51.3 Å². The van der Waals surface area contributed by atoms with Crippen LogP contribution in [0.5, 0.6) is 0 Å². The minimum absolute atomic E-state index is 0.357. The van der Waals surface area contributed by atoms with Crippen molar-refractivity contribution in [1.29, 1.82) is 0 Å². The molecule has 1 aromatic rings. The molecule has 2 rings (SSSR count). The number of pyridine rings is 1. The molecule has 104 valence electrons. The average molecular weight is 262 g/mol. The topological polar surface area (TPSA) is 85.2 Å². The van der Waals surface area contributed by atoms with Crippen molar-refractivity contribution >= 4 is 11.7 Å². The van der Waals surface area contributed by atoms with E-state index in [1.807, 2.05) is 13.0 Å². The summed E-state index contributed by atoms with van der Waals surface area (Å²) >= 11 is 0. The normalized spacial score (nSPS) is 23.4. The van der Waals surface area contributed by atoms with Crippen LogP contribution < -0.4 is 16.4 Å². The van der Waals surface area contributed by atoms with Crippen molar-refractivity contribution in [2.75, 3.05) is 18.0 Å². The molecule has 4 N–H and O–H groups in total. The van der Waals surface area contributed by atoms with Crippen LogP contribution in [0.3, 0.4) is 0 Å². The zero-order valence-corrected chi connectivity index (χ0v) is 11.6. The number of aromatic nitrogens is 1. The summed E-state index contributed by atoms with van der Waals surface area (Å²) in [7, 11) is 0. The number of carbonyl (C=O) groups excluding carboxylic acids is 1. The van der Waals surface area contributed by atoms with Crippen LogP contribution in [0.15, 0.2) is 12.1 Å². The van der Waals surface area contributed by atoms with Crippen LogP contribution in [0.4, 0.5) is 5.82 Å². The lowest BCUT2D eigenvalue weighted by atomic mass is 9.93. The number of hydrogen-bond acceptors (Lipinski definition) is 4. The van der Waals surface area contributed by atoms with Crippen molar-refractivity contribution in [3.05, 3.63) is 23.4 Å². The Bertz CT molecular complexity index is 475. The Kier molecular flexibility index (Phi) is 4.04. The first-order valence-electron chi connectivity index (χ1n) is 6.77. The van der Waals surface area contributed by atoms with Gasteiger partial charge in [0.1, 0.15) is 5.82 Å². The van der Waals surface area contributed by atoms with Crippen molar-refractivity contribution in [3.8, 4) is 0 Å². The molecule has 2 heterocycles. The van der Waals surface area contributed by atoms with Gasteiger partial charge in [0.15, 0.2) is 0 Å². The monoisotopic (exact) mass is 262 g/mol. The van der Waals surface area contributed by atoms with Crippen molar-refractivity contribution in [2.24, 2.45) is 17.4 Å². The number of primary amides is 1. The molecule has 2 unspecified atom stereocenters. The number of anilines is 1. The standard InChI is InChI=1S/C14H22N4O/c1-9-3-6-12(13(16)19)14(17-9)18-8-11(7-15)5-4-10(18)2/h3,6,10-11H,4-5,7-8,15H2,1-2H3,(H2,16,19). The van der Waals surface area contributed by atoms with Crippen LogP contribution >= 0.6 is 0 Å². The summed E-state index contributed by atoms with van der Waals surface area (Å²) in [6.45, 7) is 5.58. The van der Waals surface area contributed by atoms with E-state index >= 15 is 0 Å². The Morgan fingerprint density at radius 1 is 1.47 bits per heavy atom. The molecule has 5 nitrogen and oxygen atoms in total. The third-order valence-electron chi connectivity index (χ3n) is 3.86. The molecule has 1 fully saturated rings. The molecule has 0 aliphatic carbocycles. The summed E-state index contributed by atoms with van der Waals surface area (Å²) < 4.78 is 0. The summed E-state index contributed by atoms with van der Waals surface area (Å²) in [6.07, 6.45) is 2.20. The lowest BCUT2D eigenvalue weighted by Crippen LogP contribution is -2.45. The number of aryl methyl sites for hydroxylation is 1. The second kappa shape index (κ2) is 5.57. The van der Waals surface area contributed by atoms with Gasteiger partial charge < -0.3 is 16.4 Å².